The van der Waals surface area contributed by atoms with E-state index in [1.165, 1.54) is 14.2 Å². The van der Waals surface area contributed by atoms with Gasteiger partial charge in [-0.3, -0.25) is 4.79 Å². The summed E-state index contributed by atoms with van der Waals surface area (Å²) in [5, 5.41) is 3.28. The lowest BCUT2D eigenvalue weighted by molar-refractivity contribution is 0.196. The van der Waals surface area contributed by atoms with E-state index in [9.17, 15) is 9.59 Å². The molecule has 0 spiro atoms. The van der Waals surface area contributed by atoms with E-state index in [0.29, 0.717) is 41.3 Å². The van der Waals surface area contributed by atoms with E-state index in [-0.39, 0.29) is 18.1 Å². The average Bonchev–Trinajstić information content (AvgIpc) is 2.75. The fourth-order valence-corrected chi connectivity index (χ4v) is 2.98. The number of methoxy groups -OCH3 is 2. The van der Waals surface area contributed by atoms with Gasteiger partial charge in [0.1, 0.15) is 5.82 Å². The maximum Gasteiger partial charge on any atom is 0.318 e. The smallest absolute Gasteiger partial charge is 0.318 e. The van der Waals surface area contributed by atoms with Gasteiger partial charge in [0.25, 0.3) is 5.56 Å². The van der Waals surface area contributed by atoms with Crippen LogP contribution in [0.15, 0.2) is 47.3 Å². The molecule has 0 fully saturated rings. The number of aromatic amines is 1. The Labute approximate surface area is 168 Å². The maximum atomic E-state index is 12.5. The van der Waals surface area contributed by atoms with E-state index in [1.807, 2.05) is 37.3 Å². The van der Waals surface area contributed by atoms with Crippen molar-refractivity contribution in [2.45, 2.75) is 20.0 Å². The summed E-state index contributed by atoms with van der Waals surface area (Å²) in [5.41, 5.74) is 1.18. The molecule has 0 atom stereocenters. The van der Waals surface area contributed by atoms with Crippen LogP contribution in [-0.4, -0.2) is 41.7 Å². The number of benzene rings is 2. The van der Waals surface area contributed by atoms with Crippen molar-refractivity contribution < 1.29 is 14.3 Å². The molecular weight excluding hydrogens is 372 g/mol. The lowest BCUT2D eigenvalue weighted by Crippen LogP contribution is -2.39. The largest absolute Gasteiger partial charge is 0.493 e. The standard InChI is InChI=1S/C21H24N4O4/c1-4-25(21(27)22-12-14-8-6-5-7-9-14)13-19-23-16-11-18(29-3)17(28-2)10-15(16)20(26)24-19/h5-11H,4,12-13H2,1-3H3,(H,22,27)(H,23,24,26). The van der Waals surface area contributed by atoms with Gasteiger partial charge >= 0.3 is 6.03 Å². The third-order valence-corrected chi connectivity index (χ3v) is 4.56. The second-order valence-corrected chi connectivity index (χ2v) is 6.40. The van der Waals surface area contributed by atoms with Crippen molar-refractivity contribution in [1.29, 1.82) is 0 Å². The lowest BCUT2D eigenvalue weighted by atomic mass is 10.2. The lowest BCUT2D eigenvalue weighted by Gasteiger charge is -2.21. The van der Waals surface area contributed by atoms with Gasteiger partial charge in [0.15, 0.2) is 11.5 Å². The van der Waals surface area contributed by atoms with Crippen LogP contribution in [0.25, 0.3) is 10.9 Å². The second-order valence-electron chi connectivity index (χ2n) is 6.40. The van der Waals surface area contributed by atoms with Crippen LogP contribution in [0.1, 0.15) is 18.3 Å². The van der Waals surface area contributed by atoms with Gasteiger partial charge in [-0.15, -0.1) is 0 Å². The Balaban J connectivity index is 1.79. The third kappa shape index (κ3) is 4.66. The summed E-state index contributed by atoms with van der Waals surface area (Å²) in [7, 11) is 3.03. The number of amides is 2. The molecule has 8 heteroatoms. The van der Waals surface area contributed by atoms with Crippen molar-refractivity contribution in [3.8, 4) is 11.5 Å². The molecule has 0 aliphatic heterocycles. The molecule has 0 saturated heterocycles. The number of hydrogen-bond acceptors (Lipinski definition) is 5. The van der Waals surface area contributed by atoms with Crippen LogP contribution in [0.5, 0.6) is 11.5 Å². The molecule has 1 heterocycles. The average molecular weight is 396 g/mol. The first-order valence-corrected chi connectivity index (χ1v) is 9.27. The van der Waals surface area contributed by atoms with Crippen molar-refractivity contribution in [3.05, 3.63) is 64.2 Å². The predicted octanol–water partition coefficient (Wildman–Crippen LogP) is 2.67. The van der Waals surface area contributed by atoms with Crippen molar-refractivity contribution in [2.24, 2.45) is 0 Å². The first-order valence-electron chi connectivity index (χ1n) is 9.27. The molecule has 2 amide bonds. The van der Waals surface area contributed by atoms with Gasteiger partial charge in [0.05, 0.1) is 31.7 Å². The number of nitrogens with zero attached hydrogens (tertiary/aromatic N) is 2. The Morgan fingerprint density at radius 2 is 1.83 bits per heavy atom. The van der Waals surface area contributed by atoms with Crippen LogP contribution in [0.2, 0.25) is 0 Å². The van der Waals surface area contributed by atoms with E-state index < -0.39 is 0 Å². The van der Waals surface area contributed by atoms with Gasteiger partial charge in [-0.1, -0.05) is 30.3 Å². The molecule has 3 rings (SSSR count). The highest BCUT2D eigenvalue weighted by atomic mass is 16.5. The molecule has 0 saturated carbocycles. The maximum absolute atomic E-state index is 12.5. The Morgan fingerprint density at radius 1 is 1.14 bits per heavy atom. The number of ether oxygens (including phenoxy) is 2. The Bertz CT molecular complexity index is 1050. The fourth-order valence-electron chi connectivity index (χ4n) is 2.98. The zero-order valence-electron chi connectivity index (χ0n) is 16.7. The van der Waals surface area contributed by atoms with Crippen LogP contribution in [0.4, 0.5) is 4.79 Å². The third-order valence-electron chi connectivity index (χ3n) is 4.56. The zero-order valence-corrected chi connectivity index (χ0v) is 16.7. The van der Waals surface area contributed by atoms with Gasteiger partial charge in [-0.05, 0) is 18.6 Å². The number of carbonyl (C=O) groups is 1. The van der Waals surface area contributed by atoms with Crippen molar-refractivity contribution in [3.63, 3.8) is 0 Å². The number of rotatable bonds is 7. The number of carbonyl (C=O) groups excluding carboxylic acids is 1. The van der Waals surface area contributed by atoms with E-state index in [2.05, 4.69) is 15.3 Å². The van der Waals surface area contributed by atoms with Crippen LogP contribution in [0, 0.1) is 0 Å². The molecule has 29 heavy (non-hydrogen) atoms. The predicted molar refractivity (Wildman–Crippen MR) is 110 cm³/mol. The topological polar surface area (TPSA) is 96.6 Å². The van der Waals surface area contributed by atoms with Crippen LogP contribution in [0.3, 0.4) is 0 Å². The Morgan fingerprint density at radius 3 is 2.48 bits per heavy atom. The summed E-state index contributed by atoms with van der Waals surface area (Å²) >= 11 is 0. The monoisotopic (exact) mass is 396 g/mol. The first-order chi connectivity index (χ1) is 14.0. The van der Waals surface area contributed by atoms with Gasteiger partial charge < -0.3 is 24.7 Å². The van der Waals surface area contributed by atoms with Gasteiger partial charge in [0, 0.05) is 19.2 Å². The summed E-state index contributed by atoms with van der Waals surface area (Å²) in [5.74, 6) is 1.33. The summed E-state index contributed by atoms with van der Waals surface area (Å²) in [6.45, 7) is 2.94. The molecule has 0 radical (unpaired) electrons. The number of H-pyrrole nitrogens is 1. The first kappa shape index (κ1) is 20.2. The number of fused-ring (bicyclic) bond motifs is 1. The number of hydrogen-bond donors (Lipinski definition) is 2. The van der Waals surface area contributed by atoms with Gasteiger partial charge in [0.2, 0.25) is 0 Å². The quantitative estimate of drug-likeness (QED) is 0.640. The van der Waals surface area contributed by atoms with E-state index in [4.69, 9.17) is 9.47 Å². The highest BCUT2D eigenvalue weighted by Gasteiger charge is 2.15. The van der Waals surface area contributed by atoms with Crippen molar-refractivity contribution >= 4 is 16.9 Å². The number of nitrogens with one attached hydrogen (secondary N) is 2. The summed E-state index contributed by atoms with van der Waals surface area (Å²) in [6, 6.07) is 12.7. The SMILES string of the molecule is CCN(Cc1nc2cc(OC)c(OC)cc2c(=O)[nH]1)C(=O)NCc1ccccc1. The molecule has 2 aromatic carbocycles. The molecule has 0 bridgehead atoms. The molecule has 0 aliphatic carbocycles. The summed E-state index contributed by atoms with van der Waals surface area (Å²) in [6.07, 6.45) is 0. The molecular formula is C21H24N4O4. The molecule has 1 aromatic heterocycles. The van der Waals surface area contributed by atoms with Gasteiger partial charge in [-0.2, -0.15) is 0 Å². The molecule has 0 unspecified atom stereocenters. The van der Waals surface area contributed by atoms with Crippen molar-refractivity contribution in [2.75, 3.05) is 20.8 Å². The summed E-state index contributed by atoms with van der Waals surface area (Å²) in [4.78, 5) is 33.9. The Kier molecular flexibility index (Phi) is 6.33. The molecule has 2 N–H and O–H groups in total. The number of aromatic nitrogens is 2. The number of urea groups is 1. The Hall–Kier alpha value is -3.55. The van der Waals surface area contributed by atoms with Gasteiger partial charge in [-0.25, -0.2) is 9.78 Å². The minimum atomic E-state index is -0.299. The highest BCUT2D eigenvalue weighted by molar-refractivity contribution is 5.82. The highest BCUT2D eigenvalue weighted by Crippen LogP contribution is 2.29. The van der Waals surface area contributed by atoms with Crippen LogP contribution in [-0.2, 0) is 13.1 Å². The van der Waals surface area contributed by atoms with Crippen molar-refractivity contribution in [1.82, 2.24) is 20.2 Å². The van der Waals surface area contributed by atoms with Crippen LogP contribution >= 0.6 is 0 Å². The second kappa shape index (κ2) is 9.09. The van der Waals surface area contributed by atoms with Crippen LogP contribution < -0.4 is 20.3 Å². The molecule has 3 aromatic rings. The van der Waals surface area contributed by atoms with E-state index in [0.717, 1.165) is 5.56 Å². The minimum absolute atomic E-state index is 0.177. The molecule has 0 aliphatic rings. The summed E-state index contributed by atoms with van der Waals surface area (Å²) < 4.78 is 10.5. The normalized spacial score (nSPS) is 10.6. The van der Waals surface area contributed by atoms with E-state index in [1.54, 1.807) is 17.0 Å². The molecule has 152 valence electrons. The fraction of sp³-hybridized carbons (Fsp3) is 0.286. The zero-order chi connectivity index (χ0) is 20.8. The van der Waals surface area contributed by atoms with E-state index >= 15 is 0 Å². The molecule has 8 nitrogen and oxygen atoms in total. The minimum Gasteiger partial charge on any atom is -0.493 e.